The van der Waals surface area contributed by atoms with Crippen LogP contribution in [0.25, 0.3) is 0 Å². The average molecular weight is 228 g/mol. The van der Waals surface area contributed by atoms with Gasteiger partial charge in [-0.05, 0) is 37.3 Å². The third-order valence-corrected chi connectivity index (χ3v) is 3.33. The van der Waals surface area contributed by atoms with Gasteiger partial charge in [-0.15, -0.1) is 11.3 Å². The van der Waals surface area contributed by atoms with Crippen molar-refractivity contribution >= 4 is 11.3 Å². The van der Waals surface area contributed by atoms with Gasteiger partial charge < -0.3 is 16.2 Å². The van der Waals surface area contributed by atoms with Gasteiger partial charge in [-0.2, -0.15) is 0 Å². The fourth-order valence-corrected chi connectivity index (χ4v) is 2.29. The van der Waals surface area contributed by atoms with Crippen LogP contribution in [0.1, 0.15) is 30.2 Å². The smallest absolute Gasteiger partial charge is 0.0539 e. The van der Waals surface area contributed by atoms with Crippen molar-refractivity contribution in [2.24, 2.45) is 5.73 Å². The maximum Gasteiger partial charge on any atom is 0.0539 e. The maximum absolute atomic E-state index is 8.63. The van der Waals surface area contributed by atoms with Crippen molar-refractivity contribution in [2.45, 2.75) is 25.3 Å². The quantitative estimate of drug-likeness (QED) is 0.591. The third-order valence-electron chi connectivity index (χ3n) is 2.35. The lowest BCUT2D eigenvalue weighted by Gasteiger charge is -2.14. The first-order valence-corrected chi connectivity index (χ1v) is 6.34. The molecule has 0 aliphatic rings. The van der Waals surface area contributed by atoms with Gasteiger partial charge in [0, 0.05) is 18.0 Å². The summed E-state index contributed by atoms with van der Waals surface area (Å²) >= 11 is 1.74. The van der Waals surface area contributed by atoms with E-state index in [2.05, 4.69) is 22.8 Å². The van der Waals surface area contributed by atoms with E-state index in [1.807, 2.05) is 0 Å². The third kappa shape index (κ3) is 4.75. The summed E-state index contributed by atoms with van der Waals surface area (Å²) in [6.45, 7) is 1.91. The predicted octanol–water partition coefficient (Wildman–Crippen LogP) is 1.50. The van der Waals surface area contributed by atoms with Crippen molar-refractivity contribution < 1.29 is 5.11 Å². The highest BCUT2D eigenvalue weighted by atomic mass is 32.1. The van der Waals surface area contributed by atoms with E-state index in [9.17, 15) is 0 Å². The molecule has 0 spiro atoms. The number of aliphatic hydroxyl groups is 1. The molecule has 1 aromatic rings. The molecule has 0 saturated heterocycles. The first kappa shape index (κ1) is 12.6. The normalized spacial score (nSPS) is 12.9. The summed E-state index contributed by atoms with van der Waals surface area (Å²) in [4.78, 5) is 1.31. The number of hydrogen-bond acceptors (Lipinski definition) is 4. The number of rotatable bonds is 8. The first-order chi connectivity index (χ1) is 7.38. The Bertz CT molecular complexity index is 239. The van der Waals surface area contributed by atoms with Gasteiger partial charge in [0.15, 0.2) is 0 Å². The fourth-order valence-electron chi connectivity index (χ4n) is 1.48. The van der Waals surface area contributed by atoms with Crippen molar-refractivity contribution in [3.63, 3.8) is 0 Å². The molecule has 0 aliphatic heterocycles. The van der Waals surface area contributed by atoms with Crippen molar-refractivity contribution in [1.29, 1.82) is 0 Å². The Morgan fingerprint density at radius 1 is 1.40 bits per heavy atom. The molecular formula is C11H20N2OS. The lowest BCUT2D eigenvalue weighted by molar-refractivity contribution is 0.282. The Kier molecular flexibility index (Phi) is 6.59. The largest absolute Gasteiger partial charge is 0.396 e. The van der Waals surface area contributed by atoms with E-state index in [1.54, 1.807) is 11.3 Å². The van der Waals surface area contributed by atoms with Gasteiger partial charge in [0.1, 0.15) is 0 Å². The Hall–Kier alpha value is -0.420. The second-order valence-corrected chi connectivity index (χ2v) is 4.52. The van der Waals surface area contributed by atoms with Gasteiger partial charge in [0.25, 0.3) is 0 Å². The number of nitrogens with one attached hydrogen (secondary N) is 1. The van der Waals surface area contributed by atoms with Gasteiger partial charge in [-0.1, -0.05) is 6.07 Å². The van der Waals surface area contributed by atoms with Gasteiger partial charge in [0.05, 0.1) is 6.04 Å². The number of thiophene rings is 1. The summed E-state index contributed by atoms with van der Waals surface area (Å²) in [5.41, 5.74) is 5.71. The second kappa shape index (κ2) is 7.82. The van der Waals surface area contributed by atoms with Crippen LogP contribution in [-0.2, 0) is 0 Å². The number of hydrogen-bond donors (Lipinski definition) is 3. The van der Waals surface area contributed by atoms with Crippen LogP contribution in [0.2, 0.25) is 0 Å². The molecule has 4 N–H and O–H groups in total. The summed E-state index contributed by atoms with van der Waals surface area (Å²) in [5, 5.41) is 14.1. The van der Waals surface area contributed by atoms with Crippen molar-refractivity contribution in [3.8, 4) is 0 Å². The lowest BCUT2D eigenvalue weighted by atomic mass is 10.2. The van der Waals surface area contributed by atoms with Gasteiger partial charge >= 0.3 is 0 Å². The lowest BCUT2D eigenvalue weighted by Crippen LogP contribution is -2.28. The summed E-state index contributed by atoms with van der Waals surface area (Å²) in [5.74, 6) is 0. The Morgan fingerprint density at radius 2 is 2.27 bits per heavy atom. The number of unbranched alkanes of at least 4 members (excludes halogenated alkanes) is 2. The molecule has 0 amide bonds. The van der Waals surface area contributed by atoms with Gasteiger partial charge in [-0.3, -0.25) is 0 Å². The molecular weight excluding hydrogens is 208 g/mol. The zero-order valence-electron chi connectivity index (χ0n) is 8.98. The Balaban J connectivity index is 2.18. The minimum Gasteiger partial charge on any atom is -0.396 e. The van der Waals surface area contributed by atoms with E-state index < -0.39 is 0 Å². The maximum atomic E-state index is 8.63. The van der Waals surface area contributed by atoms with Crippen LogP contribution in [0, 0.1) is 0 Å². The molecule has 4 heteroatoms. The second-order valence-electron chi connectivity index (χ2n) is 3.54. The molecule has 86 valence electrons. The van der Waals surface area contributed by atoms with E-state index in [4.69, 9.17) is 10.8 Å². The summed E-state index contributed by atoms with van der Waals surface area (Å²) in [6, 6.07) is 4.46. The highest BCUT2D eigenvalue weighted by Gasteiger charge is 2.08. The van der Waals surface area contributed by atoms with Crippen LogP contribution in [-0.4, -0.2) is 24.8 Å². The molecule has 0 aliphatic carbocycles. The highest BCUT2D eigenvalue weighted by Crippen LogP contribution is 2.17. The minimum absolute atomic E-state index is 0.291. The zero-order chi connectivity index (χ0) is 10.9. The molecule has 0 bridgehead atoms. The molecule has 1 rings (SSSR count). The minimum atomic E-state index is 0.291. The molecule has 15 heavy (non-hydrogen) atoms. The molecule has 0 aromatic carbocycles. The van der Waals surface area contributed by atoms with Crippen LogP contribution < -0.4 is 11.1 Å². The Morgan fingerprint density at radius 3 is 2.87 bits per heavy atom. The topological polar surface area (TPSA) is 58.3 Å². The van der Waals surface area contributed by atoms with E-state index in [1.165, 1.54) is 4.88 Å². The van der Waals surface area contributed by atoms with Crippen molar-refractivity contribution in [2.75, 3.05) is 19.7 Å². The van der Waals surface area contributed by atoms with E-state index in [0.29, 0.717) is 19.2 Å². The summed E-state index contributed by atoms with van der Waals surface area (Å²) in [7, 11) is 0. The van der Waals surface area contributed by atoms with E-state index in [0.717, 1.165) is 25.8 Å². The number of nitrogens with two attached hydrogens (primary N) is 1. The Labute approximate surface area is 95.3 Å². The van der Waals surface area contributed by atoms with Crippen LogP contribution in [0.15, 0.2) is 17.5 Å². The zero-order valence-corrected chi connectivity index (χ0v) is 9.80. The average Bonchev–Trinajstić information content (AvgIpc) is 2.77. The van der Waals surface area contributed by atoms with Crippen LogP contribution in [0.3, 0.4) is 0 Å². The molecule has 1 atom stereocenters. The van der Waals surface area contributed by atoms with Crippen LogP contribution in [0.5, 0.6) is 0 Å². The standard InChI is InChI=1S/C11H20N2OS/c12-9-10(11-5-4-8-15-11)13-6-2-1-3-7-14/h4-5,8,10,13-14H,1-3,6-7,9,12H2. The molecule has 1 heterocycles. The van der Waals surface area contributed by atoms with E-state index in [-0.39, 0.29) is 0 Å². The summed E-state index contributed by atoms with van der Waals surface area (Å²) < 4.78 is 0. The molecule has 0 radical (unpaired) electrons. The molecule has 3 nitrogen and oxygen atoms in total. The number of aliphatic hydroxyl groups excluding tert-OH is 1. The van der Waals surface area contributed by atoms with Crippen molar-refractivity contribution in [1.82, 2.24) is 5.32 Å². The molecule has 0 saturated carbocycles. The molecule has 1 unspecified atom stereocenters. The molecule has 1 aromatic heterocycles. The monoisotopic (exact) mass is 228 g/mol. The first-order valence-electron chi connectivity index (χ1n) is 5.46. The summed E-state index contributed by atoms with van der Waals surface area (Å²) in [6.07, 6.45) is 3.07. The van der Waals surface area contributed by atoms with Gasteiger partial charge in [0.2, 0.25) is 0 Å². The van der Waals surface area contributed by atoms with Crippen LogP contribution in [0.4, 0.5) is 0 Å². The molecule has 0 fully saturated rings. The fraction of sp³-hybridized carbons (Fsp3) is 0.636. The van der Waals surface area contributed by atoms with Crippen molar-refractivity contribution in [3.05, 3.63) is 22.4 Å². The SMILES string of the molecule is NCC(NCCCCCO)c1cccs1. The van der Waals surface area contributed by atoms with E-state index >= 15 is 0 Å². The van der Waals surface area contributed by atoms with Gasteiger partial charge in [-0.25, -0.2) is 0 Å². The highest BCUT2D eigenvalue weighted by molar-refractivity contribution is 7.10. The van der Waals surface area contributed by atoms with Crippen LogP contribution >= 0.6 is 11.3 Å². The predicted molar refractivity (Wildman–Crippen MR) is 65.1 cm³/mol.